The molecule has 0 aliphatic carbocycles. The van der Waals surface area contributed by atoms with E-state index in [0.717, 1.165) is 23.4 Å². The van der Waals surface area contributed by atoms with Crippen LogP contribution in [0.5, 0.6) is 0 Å². The Bertz CT molecular complexity index is 1080. The number of thiazole rings is 1. The maximum atomic E-state index is 13.9. The van der Waals surface area contributed by atoms with Gasteiger partial charge in [-0.2, -0.15) is 0 Å². The van der Waals surface area contributed by atoms with Crippen molar-refractivity contribution in [3.05, 3.63) is 70.3 Å². The van der Waals surface area contributed by atoms with E-state index in [1.54, 1.807) is 28.5 Å². The van der Waals surface area contributed by atoms with E-state index in [0.29, 0.717) is 42.5 Å². The molecule has 2 aromatic carbocycles. The highest BCUT2D eigenvalue weighted by molar-refractivity contribution is 7.14. The molecule has 1 aromatic heterocycles. The molecule has 0 radical (unpaired) electrons. The third-order valence-corrected chi connectivity index (χ3v) is 6.06. The fraction of sp³-hybridized carbons (Fsp3) is 0.227. The van der Waals surface area contributed by atoms with Crippen LogP contribution in [0.15, 0.2) is 53.9 Å². The Morgan fingerprint density at radius 3 is 2.48 bits per heavy atom. The average molecular weight is 459 g/mol. The monoisotopic (exact) mass is 458 g/mol. The zero-order chi connectivity index (χ0) is 21.8. The van der Waals surface area contributed by atoms with Crippen molar-refractivity contribution in [3.8, 4) is 11.3 Å². The normalized spacial score (nSPS) is 14.5. The second-order valence-corrected chi connectivity index (χ2v) is 8.46. The molecular weight excluding hydrogens is 439 g/mol. The Morgan fingerprint density at radius 1 is 1.06 bits per heavy atom. The summed E-state index contributed by atoms with van der Waals surface area (Å²) >= 11 is 7.07. The second kappa shape index (κ2) is 9.55. The van der Waals surface area contributed by atoms with Crippen molar-refractivity contribution < 1.29 is 14.0 Å². The first kappa shape index (κ1) is 21.4. The summed E-state index contributed by atoms with van der Waals surface area (Å²) in [7, 11) is 0. The topological polar surface area (TPSA) is 65.5 Å². The molecular formula is C22H20ClFN4O2S. The number of piperazine rings is 1. The minimum absolute atomic E-state index is 0.262. The predicted molar refractivity (Wildman–Crippen MR) is 119 cm³/mol. The Hall–Kier alpha value is -2.81. The summed E-state index contributed by atoms with van der Waals surface area (Å²) < 4.78 is 13.9. The number of amides is 2. The van der Waals surface area contributed by atoms with Gasteiger partial charge in [-0.1, -0.05) is 35.9 Å². The number of hydrogen-bond acceptors (Lipinski definition) is 5. The van der Waals surface area contributed by atoms with Gasteiger partial charge in [0.1, 0.15) is 5.82 Å². The lowest BCUT2D eigenvalue weighted by molar-refractivity contribution is -0.144. The van der Waals surface area contributed by atoms with Crippen molar-refractivity contribution in [1.29, 1.82) is 0 Å². The Morgan fingerprint density at radius 2 is 1.77 bits per heavy atom. The van der Waals surface area contributed by atoms with E-state index < -0.39 is 17.6 Å². The van der Waals surface area contributed by atoms with Crippen molar-refractivity contribution >= 4 is 39.9 Å². The SMILES string of the molecule is O=C(Nc1nc(-c2ccccc2F)cs1)C(=O)N1CCN(Cc2ccc(Cl)cc2)CC1. The minimum Gasteiger partial charge on any atom is -0.332 e. The van der Waals surface area contributed by atoms with Crippen molar-refractivity contribution in [2.75, 3.05) is 31.5 Å². The van der Waals surface area contributed by atoms with Gasteiger partial charge in [-0.25, -0.2) is 9.37 Å². The van der Waals surface area contributed by atoms with Gasteiger partial charge in [-0.3, -0.25) is 19.8 Å². The van der Waals surface area contributed by atoms with E-state index in [2.05, 4.69) is 15.2 Å². The summed E-state index contributed by atoms with van der Waals surface area (Å²) in [4.78, 5) is 32.9. The third kappa shape index (κ3) is 5.28. The molecule has 1 N–H and O–H groups in total. The third-order valence-electron chi connectivity index (χ3n) is 5.05. The summed E-state index contributed by atoms with van der Waals surface area (Å²) in [6.45, 7) is 3.06. The number of carbonyl (C=O) groups is 2. The van der Waals surface area contributed by atoms with Crippen molar-refractivity contribution in [1.82, 2.24) is 14.8 Å². The fourth-order valence-electron chi connectivity index (χ4n) is 3.38. The number of rotatable bonds is 4. The molecule has 0 atom stereocenters. The standard InChI is InChI=1S/C22H20ClFN4O2S/c23-16-7-5-15(6-8-16)13-27-9-11-28(12-10-27)21(30)20(29)26-22-25-19(14-31-22)17-3-1-2-4-18(17)24/h1-8,14H,9-13H2,(H,25,26,29). The summed E-state index contributed by atoms with van der Waals surface area (Å²) in [5, 5.41) is 5.14. The smallest absolute Gasteiger partial charge is 0.315 e. The fourth-order valence-corrected chi connectivity index (χ4v) is 4.21. The van der Waals surface area contributed by atoms with E-state index in [4.69, 9.17) is 11.6 Å². The van der Waals surface area contributed by atoms with Crippen molar-refractivity contribution in [3.63, 3.8) is 0 Å². The maximum Gasteiger partial charge on any atom is 0.315 e. The first-order chi connectivity index (χ1) is 15.0. The second-order valence-electron chi connectivity index (χ2n) is 7.17. The molecule has 31 heavy (non-hydrogen) atoms. The number of carbonyl (C=O) groups excluding carboxylic acids is 2. The number of nitrogens with zero attached hydrogens (tertiary/aromatic N) is 3. The lowest BCUT2D eigenvalue weighted by Gasteiger charge is -2.34. The molecule has 2 amide bonds. The molecule has 0 spiro atoms. The van der Waals surface area contributed by atoms with Gasteiger partial charge < -0.3 is 4.90 Å². The van der Waals surface area contributed by atoms with Gasteiger partial charge in [0, 0.05) is 48.7 Å². The van der Waals surface area contributed by atoms with Crippen LogP contribution in [-0.2, 0) is 16.1 Å². The maximum absolute atomic E-state index is 13.9. The first-order valence-corrected chi connectivity index (χ1v) is 11.0. The number of aromatic nitrogens is 1. The lowest BCUT2D eigenvalue weighted by Crippen LogP contribution is -2.51. The Labute approximate surface area is 188 Å². The van der Waals surface area contributed by atoms with Gasteiger partial charge >= 0.3 is 11.8 Å². The molecule has 3 aromatic rings. The van der Waals surface area contributed by atoms with E-state index >= 15 is 0 Å². The van der Waals surface area contributed by atoms with Gasteiger partial charge in [0.05, 0.1) is 5.69 Å². The van der Waals surface area contributed by atoms with E-state index in [-0.39, 0.29) is 5.13 Å². The van der Waals surface area contributed by atoms with Gasteiger partial charge in [-0.05, 0) is 29.8 Å². The van der Waals surface area contributed by atoms with Gasteiger partial charge in [-0.15, -0.1) is 11.3 Å². The molecule has 2 heterocycles. The molecule has 0 bridgehead atoms. The van der Waals surface area contributed by atoms with Crippen LogP contribution in [0.4, 0.5) is 9.52 Å². The van der Waals surface area contributed by atoms with Gasteiger partial charge in [0.25, 0.3) is 0 Å². The van der Waals surface area contributed by atoms with Crippen LogP contribution < -0.4 is 5.32 Å². The Balaban J connectivity index is 1.30. The number of halogens is 2. The first-order valence-electron chi connectivity index (χ1n) is 9.77. The largest absolute Gasteiger partial charge is 0.332 e. The van der Waals surface area contributed by atoms with E-state index in [1.807, 2.05) is 24.3 Å². The minimum atomic E-state index is -0.736. The zero-order valence-electron chi connectivity index (χ0n) is 16.6. The van der Waals surface area contributed by atoms with E-state index in [1.165, 1.54) is 6.07 Å². The highest BCUT2D eigenvalue weighted by atomic mass is 35.5. The summed E-state index contributed by atoms with van der Waals surface area (Å²) in [5.74, 6) is -1.72. The van der Waals surface area contributed by atoms with E-state index in [9.17, 15) is 14.0 Å². The van der Waals surface area contributed by atoms with Gasteiger partial charge in [0.2, 0.25) is 0 Å². The summed E-state index contributed by atoms with van der Waals surface area (Å²) in [6, 6.07) is 14.0. The number of hydrogen-bond donors (Lipinski definition) is 1. The molecule has 6 nitrogen and oxygen atoms in total. The van der Waals surface area contributed by atoms with Crippen LogP contribution in [0, 0.1) is 5.82 Å². The van der Waals surface area contributed by atoms with Crippen LogP contribution in [0.25, 0.3) is 11.3 Å². The highest BCUT2D eigenvalue weighted by Gasteiger charge is 2.26. The summed E-state index contributed by atoms with van der Waals surface area (Å²) in [5.41, 5.74) is 1.92. The van der Waals surface area contributed by atoms with Crippen LogP contribution in [-0.4, -0.2) is 52.8 Å². The molecule has 1 saturated heterocycles. The quantitative estimate of drug-likeness (QED) is 0.602. The summed E-state index contributed by atoms with van der Waals surface area (Å²) in [6.07, 6.45) is 0. The molecule has 160 valence electrons. The Kier molecular flexibility index (Phi) is 6.60. The molecule has 1 aliphatic heterocycles. The molecule has 9 heteroatoms. The highest BCUT2D eigenvalue weighted by Crippen LogP contribution is 2.26. The van der Waals surface area contributed by atoms with Crippen LogP contribution >= 0.6 is 22.9 Å². The van der Waals surface area contributed by atoms with Crippen molar-refractivity contribution in [2.24, 2.45) is 0 Å². The zero-order valence-corrected chi connectivity index (χ0v) is 18.1. The van der Waals surface area contributed by atoms with Crippen LogP contribution in [0.2, 0.25) is 5.02 Å². The number of nitrogens with one attached hydrogen (secondary N) is 1. The van der Waals surface area contributed by atoms with Crippen LogP contribution in [0.1, 0.15) is 5.56 Å². The average Bonchev–Trinajstić information content (AvgIpc) is 3.24. The number of benzene rings is 2. The van der Waals surface area contributed by atoms with Crippen molar-refractivity contribution in [2.45, 2.75) is 6.54 Å². The van der Waals surface area contributed by atoms with Crippen LogP contribution in [0.3, 0.4) is 0 Å². The lowest BCUT2D eigenvalue weighted by atomic mass is 10.2. The molecule has 0 saturated carbocycles. The molecule has 1 fully saturated rings. The molecule has 1 aliphatic rings. The van der Waals surface area contributed by atoms with Gasteiger partial charge in [0.15, 0.2) is 5.13 Å². The molecule has 4 rings (SSSR count). The molecule has 0 unspecified atom stereocenters. The predicted octanol–water partition coefficient (Wildman–Crippen LogP) is 3.89. The number of anilines is 1.